The fourth-order valence-electron chi connectivity index (χ4n) is 2.84. The summed E-state index contributed by atoms with van der Waals surface area (Å²) in [4.78, 5) is 26.9. The molecule has 130 valence electrons. The van der Waals surface area contributed by atoms with E-state index in [2.05, 4.69) is 47.1 Å². The summed E-state index contributed by atoms with van der Waals surface area (Å²) in [5.74, 6) is 0.0977. The van der Waals surface area contributed by atoms with Crippen molar-refractivity contribution >= 4 is 27.6 Å². The van der Waals surface area contributed by atoms with Gasteiger partial charge in [0.15, 0.2) is 5.78 Å². The molecule has 0 spiro atoms. The number of hydrogen-bond acceptors (Lipinski definition) is 2. The summed E-state index contributed by atoms with van der Waals surface area (Å²) in [7, 11) is 0. The molecule has 1 aliphatic rings. The first kappa shape index (κ1) is 17.9. The number of ketones is 1. The maximum absolute atomic E-state index is 12.7. The molecule has 2 aromatic carbocycles. The Hall–Kier alpha value is -1.94. The fourth-order valence-corrected chi connectivity index (χ4v) is 3.11. The zero-order valence-electron chi connectivity index (χ0n) is 14.4. The number of rotatable bonds is 7. The number of halogens is 1. The van der Waals surface area contributed by atoms with Gasteiger partial charge in [0, 0.05) is 35.5 Å². The SMILES string of the molecule is Cc1ccc(CN(C(=O)CCC(=O)c2ccc(Br)cc2)C2CC2)cc1. The van der Waals surface area contributed by atoms with E-state index in [-0.39, 0.29) is 24.5 Å². The molecule has 1 saturated carbocycles. The van der Waals surface area contributed by atoms with E-state index in [1.54, 1.807) is 12.1 Å². The Kier molecular flexibility index (Phi) is 5.69. The molecule has 0 atom stereocenters. The van der Waals surface area contributed by atoms with Crippen LogP contribution in [0.1, 0.15) is 47.2 Å². The van der Waals surface area contributed by atoms with Gasteiger partial charge in [-0.1, -0.05) is 57.9 Å². The van der Waals surface area contributed by atoms with Crippen LogP contribution >= 0.6 is 15.9 Å². The third-order valence-electron chi connectivity index (χ3n) is 4.51. The first-order valence-electron chi connectivity index (χ1n) is 8.67. The summed E-state index contributed by atoms with van der Waals surface area (Å²) >= 11 is 3.36. The Morgan fingerprint density at radius 3 is 2.24 bits per heavy atom. The Bertz CT molecular complexity index is 748. The van der Waals surface area contributed by atoms with Crippen LogP contribution in [-0.4, -0.2) is 22.6 Å². The smallest absolute Gasteiger partial charge is 0.223 e. The average molecular weight is 400 g/mol. The van der Waals surface area contributed by atoms with Crippen molar-refractivity contribution in [3.05, 3.63) is 69.7 Å². The molecular weight excluding hydrogens is 378 g/mol. The summed E-state index contributed by atoms with van der Waals surface area (Å²) in [6.07, 6.45) is 2.67. The van der Waals surface area contributed by atoms with Gasteiger partial charge in [-0.3, -0.25) is 9.59 Å². The number of Topliss-reactive ketones (excluding diaryl/α,β-unsaturated/α-hetero) is 1. The molecule has 0 bridgehead atoms. The molecule has 0 unspecified atom stereocenters. The van der Waals surface area contributed by atoms with E-state index in [0.717, 1.165) is 22.9 Å². The van der Waals surface area contributed by atoms with E-state index in [4.69, 9.17) is 0 Å². The van der Waals surface area contributed by atoms with E-state index in [9.17, 15) is 9.59 Å². The van der Waals surface area contributed by atoms with Gasteiger partial charge in [0.25, 0.3) is 0 Å². The molecule has 2 aromatic rings. The molecule has 0 aliphatic heterocycles. The van der Waals surface area contributed by atoms with Crippen LogP contribution in [0.15, 0.2) is 53.0 Å². The highest BCUT2D eigenvalue weighted by molar-refractivity contribution is 9.10. The van der Waals surface area contributed by atoms with Crippen molar-refractivity contribution in [2.75, 3.05) is 0 Å². The first-order chi connectivity index (χ1) is 12.0. The lowest BCUT2D eigenvalue weighted by Gasteiger charge is -2.22. The van der Waals surface area contributed by atoms with Crippen molar-refractivity contribution in [2.24, 2.45) is 0 Å². The number of benzene rings is 2. The molecule has 0 saturated heterocycles. The molecule has 3 rings (SSSR count). The van der Waals surface area contributed by atoms with Crippen molar-refractivity contribution in [1.82, 2.24) is 4.90 Å². The molecule has 1 amide bonds. The Morgan fingerprint density at radius 1 is 1.00 bits per heavy atom. The highest BCUT2D eigenvalue weighted by Gasteiger charge is 2.32. The van der Waals surface area contributed by atoms with E-state index < -0.39 is 0 Å². The molecule has 4 heteroatoms. The second-order valence-corrected chi connectivity index (χ2v) is 7.58. The van der Waals surface area contributed by atoms with Gasteiger partial charge in [0.2, 0.25) is 5.91 Å². The van der Waals surface area contributed by atoms with Crippen LogP contribution in [0.4, 0.5) is 0 Å². The van der Waals surface area contributed by atoms with Gasteiger partial charge in [0.1, 0.15) is 0 Å². The molecular formula is C21H22BrNO2. The molecule has 1 aliphatic carbocycles. The lowest BCUT2D eigenvalue weighted by atomic mass is 10.1. The van der Waals surface area contributed by atoms with Crippen molar-refractivity contribution in [3.8, 4) is 0 Å². The van der Waals surface area contributed by atoms with Crippen LogP contribution in [0.2, 0.25) is 0 Å². The minimum Gasteiger partial charge on any atom is -0.335 e. The summed E-state index contributed by atoms with van der Waals surface area (Å²) < 4.78 is 0.943. The van der Waals surface area contributed by atoms with Crippen LogP contribution in [0.3, 0.4) is 0 Å². The first-order valence-corrected chi connectivity index (χ1v) is 9.46. The lowest BCUT2D eigenvalue weighted by molar-refractivity contribution is -0.132. The standard InChI is InChI=1S/C21H22BrNO2/c1-15-2-4-16(5-3-15)14-23(19-10-11-19)21(25)13-12-20(24)17-6-8-18(22)9-7-17/h2-9,19H,10-14H2,1H3. The molecule has 0 N–H and O–H groups in total. The fraction of sp³-hybridized carbons (Fsp3) is 0.333. The predicted octanol–water partition coefficient (Wildman–Crippen LogP) is 4.91. The van der Waals surface area contributed by atoms with E-state index in [1.807, 2.05) is 17.0 Å². The summed E-state index contributed by atoms with van der Waals surface area (Å²) in [6, 6.07) is 15.9. The second kappa shape index (κ2) is 7.96. The topological polar surface area (TPSA) is 37.4 Å². The quantitative estimate of drug-likeness (QED) is 0.620. The zero-order valence-corrected chi connectivity index (χ0v) is 16.0. The number of hydrogen-bond donors (Lipinski definition) is 0. The predicted molar refractivity (Wildman–Crippen MR) is 102 cm³/mol. The summed E-state index contributed by atoms with van der Waals surface area (Å²) in [6.45, 7) is 2.69. The minimum atomic E-state index is 0.0203. The number of carbonyl (C=O) groups excluding carboxylic acids is 2. The normalized spacial score (nSPS) is 13.5. The Morgan fingerprint density at radius 2 is 1.64 bits per heavy atom. The van der Waals surface area contributed by atoms with E-state index in [0.29, 0.717) is 18.2 Å². The van der Waals surface area contributed by atoms with E-state index in [1.165, 1.54) is 5.56 Å². The van der Waals surface area contributed by atoms with Crippen LogP contribution in [0.25, 0.3) is 0 Å². The third-order valence-corrected chi connectivity index (χ3v) is 5.04. The zero-order chi connectivity index (χ0) is 17.8. The molecule has 0 heterocycles. The maximum atomic E-state index is 12.7. The van der Waals surface area contributed by atoms with Crippen molar-refractivity contribution in [1.29, 1.82) is 0 Å². The van der Waals surface area contributed by atoms with Gasteiger partial charge in [0.05, 0.1) is 0 Å². The third kappa shape index (κ3) is 5.02. The van der Waals surface area contributed by atoms with Gasteiger partial charge >= 0.3 is 0 Å². The van der Waals surface area contributed by atoms with Gasteiger partial charge in [-0.2, -0.15) is 0 Å². The van der Waals surface area contributed by atoms with Crippen LogP contribution in [-0.2, 0) is 11.3 Å². The number of aryl methyl sites for hydroxylation is 1. The number of carbonyl (C=O) groups is 2. The monoisotopic (exact) mass is 399 g/mol. The Balaban J connectivity index is 1.58. The summed E-state index contributed by atoms with van der Waals surface area (Å²) in [5.41, 5.74) is 3.02. The highest BCUT2D eigenvalue weighted by atomic mass is 79.9. The largest absolute Gasteiger partial charge is 0.335 e. The number of amides is 1. The van der Waals surface area contributed by atoms with Gasteiger partial charge in [-0.05, 0) is 37.5 Å². The maximum Gasteiger partial charge on any atom is 0.223 e. The van der Waals surface area contributed by atoms with Crippen molar-refractivity contribution in [3.63, 3.8) is 0 Å². The van der Waals surface area contributed by atoms with Crippen LogP contribution in [0.5, 0.6) is 0 Å². The number of nitrogens with zero attached hydrogens (tertiary/aromatic N) is 1. The van der Waals surface area contributed by atoms with E-state index >= 15 is 0 Å². The lowest BCUT2D eigenvalue weighted by Crippen LogP contribution is -2.32. The van der Waals surface area contributed by atoms with Crippen LogP contribution < -0.4 is 0 Å². The van der Waals surface area contributed by atoms with Crippen molar-refractivity contribution in [2.45, 2.75) is 45.2 Å². The second-order valence-electron chi connectivity index (χ2n) is 6.67. The Labute approximate surface area is 157 Å². The highest BCUT2D eigenvalue weighted by Crippen LogP contribution is 2.29. The molecule has 25 heavy (non-hydrogen) atoms. The van der Waals surface area contributed by atoms with Gasteiger partial charge in [-0.15, -0.1) is 0 Å². The molecule has 0 aromatic heterocycles. The summed E-state index contributed by atoms with van der Waals surface area (Å²) in [5, 5.41) is 0. The van der Waals surface area contributed by atoms with Crippen LogP contribution in [0, 0.1) is 6.92 Å². The minimum absolute atomic E-state index is 0.0203. The molecule has 3 nitrogen and oxygen atoms in total. The molecule has 0 radical (unpaired) electrons. The molecule has 1 fully saturated rings. The van der Waals surface area contributed by atoms with Gasteiger partial charge < -0.3 is 4.90 Å². The van der Waals surface area contributed by atoms with Crippen molar-refractivity contribution < 1.29 is 9.59 Å². The average Bonchev–Trinajstić information content (AvgIpc) is 3.44. The van der Waals surface area contributed by atoms with Gasteiger partial charge in [-0.25, -0.2) is 0 Å².